The van der Waals surface area contributed by atoms with Gasteiger partial charge in [0.05, 0.1) is 11.7 Å². The number of anilines is 2. The molecule has 2 aromatic heterocycles. The van der Waals surface area contributed by atoms with Gasteiger partial charge in [-0.1, -0.05) is 17.3 Å². The SMILES string of the molecule is Cc1nc(-c2cccc(NC(=O)Nc3ccc4nsnc4c3)c2)no1. The molecule has 2 N–H and O–H groups in total. The van der Waals surface area contributed by atoms with Crippen LogP contribution >= 0.6 is 11.7 Å². The fourth-order valence-corrected chi connectivity index (χ4v) is 2.82. The summed E-state index contributed by atoms with van der Waals surface area (Å²) >= 11 is 1.14. The highest BCUT2D eigenvalue weighted by Gasteiger charge is 2.09. The van der Waals surface area contributed by atoms with Crippen molar-refractivity contribution in [2.75, 3.05) is 10.6 Å². The normalized spacial score (nSPS) is 10.8. The average molecular weight is 352 g/mol. The van der Waals surface area contributed by atoms with E-state index in [-0.39, 0.29) is 6.03 Å². The lowest BCUT2D eigenvalue weighted by Gasteiger charge is -2.08. The zero-order valence-electron chi connectivity index (χ0n) is 13.1. The molecule has 0 bridgehead atoms. The Morgan fingerprint density at radius 3 is 2.64 bits per heavy atom. The molecule has 0 radical (unpaired) electrons. The van der Waals surface area contributed by atoms with Crippen molar-refractivity contribution in [2.24, 2.45) is 0 Å². The van der Waals surface area contributed by atoms with E-state index in [1.807, 2.05) is 18.2 Å². The molecule has 4 rings (SSSR count). The van der Waals surface area contributed by atoms with Crippen LogP contribution in [0.4, 0.5) is 16.2 Å². The minimum Gasteiger partial charge on any atom is -0.339 e. The monoisotopic (exact) mass is 352 g/mol. The van der Waals surface area contributed by atoms with Crippen molar-refractivity contribution in [3.05, 3.63) is 48.4 Å². The molecule has 0 unspecified atom stereocenters. The second kappa shape index (κ2) is 6.29. The van der Waals surface area contributed by atoms with Gasteiger partial charge in [0.15, 0.2) is 0 Å². The van der Waals surface area contributed by atoms with Crippen molar-refractivity contribution in [1.82, 2.24) is 18.9 Å². The standard InChI is InChI=1S/C16H12N6O2S/c1-9-17-15(20-24-9)10-3-2-4-11(7-10)18-16(23)19-12-5-6-13-14(8-12)22-25-21-13/h2-8H,1H3,(H2,18,19,23). The topological polar surface area (TPSA) is 106 Å². The summed E-state index contributed by atoms with van der Waals surface area (Å²) in [5.41, 5.74) is 3.57. The van der Waals surface area contributed by atoms with Crippen LogP contribution in [0.3, 0.4) is 0 Å². The van der Waals surface area contributed by atoms with E-state index in [4.69, 9.17) is 4.52 Å². The highest BCUT2D eigenvalue weighted by atomic mass is 32.1. The average Bonchev–Trinajstić information content (AvgIpc) is 3.23. The van der Waals surface area contributed by atoms with Gasteiger partial charge in [0.1, 0.15) is 11.0 Å². The van der Waals surface area contributed by atoms with Gasteiger partial charge >= 0.3 is 6.03 Å². The molecule has 2 heterocycles. The fraction of sp³-hybridized carbons (Fsp3) is 0.0625. The second-order valence-corrected chi connectivity index (χ2v) is 5.79. The molecule has 0 aliphatic rings. The van der Waals surface area contributed by atoms with E-state index < -0.39 is 0 Å². The number of aromatic nitrogens is 4. The summed E-state index contributed by atoms with van der Waals surface area (Å²) < 4.78 is 13.3. The lowest BCUT2D eigenvalue weighted by Crippen LogP contribution is -2.19. The number of carbonyl (C=O) groups is 1. The number of aryl methyl sites for hydroxylation is 1. The molecule has 4 aromatic rings. The van der Waals surface area contributed by atoms with Crippen LogP contribution in [-0.2, 0) is 0 Å². The van der Waals surface area contributed by atoms with Crippen LogP contribution < -0.4 is 10.6 Å². The van der Waals surface area contributed by atoms with Crippen molar-refractivity contribution < 1.29 is 9.32 Å². The molecule has 124 valence electrons. The molecule has 0 spiro atoms. The van der Waals surface area contributed by atoms with Crippen LogP contribution in [0.5, 0.6) is 0 Å². The summed E-state index contributed by atoms with van der Waals surface area (Å²) in [6.07, 6.45) is 0. The molecular weight excluding hydrogens is 340 g/mol. The Morgan fingerprint density at radius 1 is 1.04 bits per heavy atom. The van der Waals surface area contributed by atoms with Gasteiger partial charge in [-0.15, -0.1) is 0 Å². The van der Waals surface area contributed by atoms with Crippen molar-refractivity contribution in [3.63, 3.8) is 0 Å². The molecular formula is C16H12N6O2S. The van der Waals surface area contributed by atoms with E-state index in [2.05, 4.69) is 29.5 Å². The van der Waals surface area contributed by atoms with Crippen LogP contribution in [0.2, 0.25) is 0 Å². The fourth-order valence-electron chi connectivity index (χ4n) is 2.31. The molecule has 0 saturated heterocycles. The Bertz CT molecular complexity index is 1060. The van der Waals surface area contributed by atoms with Crippen molar-refractivity contribution in [2.45, 2.75) is 6.92 Å². The summed E-state index contributed by atoms with van der Waals surface area (Å²) in [4.78, 5) is 16.4. The third-order valence-corrected chi connectivity index (χ3v) is 3.97. The number of urea groups is 1. The zero-order chi connectivity index (χ0) is 17.2. The number of carbonyl (C=O) groups excluding carboxylic acids is 1. The van der Waals surface area contributed by atoms with Crippen molar-refractivity contribution in [3.8, 4) is 11.4 Å². The van der Waals surface area contributed by atoms with Crippen LogP contribution in [0.1, 0.15) is 5.89 Å². The Labute approximate surface area is 146 Å². The van der Waals surface area contributed by atoms with E-state index in [1.54, 1.807) is 31.2 Å². The zero-order valence-corrected chi connectivity index (χ0v) is 13.9. The van der Waals surface area contributed by atoms with Gasteiger partial charge < -0.3 is 15.2 Å². The van der Waals surface area contributed by atoms with Crippen LogP contribution in [0, 0.1) is 6.92 Å². The van der Waals surface area contributed by atoms with Crippen LogP contribution in [-0.4, -0.2) is 24.9 Å². The summed E-state index contributed by atoms with van der Waals surface area (Å²) in [5, 5.41) is 9.42. The molecule has 0 saturated carbocycles. The minimum atomic E-state index is -0.357. The number of amides is 2. The molecule has 2 aromatic carbocycles. The number of fused-ring (bicyclic) bond motifs is 1. The number of hydrogen-bond donors (Lipinski definition) is 2. The first-order chi connectivity index (χ1) is 12.2. The molecule has 2 amide bonds. The smallest absolute Gasteiger partial charge is 0.323 e. The van der Waals surface area contributed by atoms with Gasteiger partial charge in [-0.25, -0.2) is 4.79 Å². The Balaban J connectivity index is 1.48. The van der Waals surface area contributed by atoms with Gasteiger partial charge in [0.25, 0.3) is 0 Å². The number of nitrogens with one attached hydrogen (secondary N) is 2. The molecule has 0 atom stereocenters. The maximum Gasteiger partial charge on any atom is 0.323 e. The van der Waals surface area contributed by atoms with Gasteiger partial charge in [-0.2, -0.15) is 13.7 Å². The molecule has 0 aliphatic heterocycles. The van der Waals surface area contributed by atoms with E-state index in [0.29, 0.717) is 23.1 Å². The van der Waals surface area contributed by atoms with E-state index in [9.17, 15) is 4.79 Å². The highest BCUT2D eigenvalue weighted by molar-refractivity contribution is 7.00. The summed E-state index contributed by atoms with van der Waals surface area (Å²) in [6, 6.07) is 12.2. The third kappa shape index (κ3) is 3.31. The summed E-state index contributed by atoms with van der Waals surface area (Å²) in [6.45, 7) is 1.72. The predicted octanol–water partition coefficient (Wildman–Crippen LogP) is 3.69. The van der Waals surface area contributed by atoms with Crippen LogP contribution in [0.15, 0.2) is 47.0 Å². The minimum absolute atomic E-state index is 0.357. The van der Waals surface area contributed by atoms with Crippen molar-refractivity contribution >= 4 is 40.2 Å². The van der Waals surface area contributed by atoms with E-state index >= 15 is 0 Å². The van der Waals surface area contributed by atoms with Crippen molar-refractivity contribution in [1.29, 1.82) is 0 Å². The molecule has 0 fully saturated rings. The number of rotatable bonds is 3. The Kier molecular flexibility index (Phi) is 3.82. The second-order valence-electron chi connectivity index (χ2n) is 5.26. The van der Waals surface area contributed by atoms with Gasteiger partial charge in [-0.05, 0) is 30.3 Å². The maximum atomic E-state index is 12.2. The lowest BCUT2D eigenvalue weighted by molar-refractivity contribution is 0.262. The lowest BCUT2D eigenvalue weighted by atomic mass is 10.2. The quantitative estimate of drug-likeness (QED) is 0.582. The van der Waals surface area contributed by atoms with Gasteiger partial charge in [0.2, 0.25) is 11.7 Å². The Morgan fingerprint density at radius 2 is 1.84 bits per heavy atom. The van der Waals surface area contributed by atoms with Crippen LogP contribution in [0.25, 0.3) is 22.4 Å². The largest absolute Gasteiger partial charge is 0.339 e. The first-order valence-corrected chi connectivity index (χ1v) is 8.11. The summed E-state index contributed by atoms with van der Waals surface area (Å²) in [5.74, 6) is 0.959. The number of nitrogens with zero attached hydrogens (tertiary/aromatic N) is 4. The van der Waals surface area contributed by atoms with E-state index in [1.165, 1.54) is 0 Å². The summed E-state index contributed by atoms with van der Waals surface area (Å²) in [7, 11) is 0. The number of benzene rings is 2. The molecule has 25 heavy (non-hydrogen) atoms. The van der Waals surface area contributed by atoms with E-state index in [0.717, 1.165) is 28.3 Å². The predicted molar refractivity (Wildman–Crippen MR) is 94.5 cm³/mol. The van der Waals surface area contributed by atoms with Gasteiger partial charge in [-0.3, -0.25) is 0 Å². The maximum absolute atomic E-state index is 12.2. The molecule has 0 aliphatic carbocycles. The molecule has 8 nitrogen and oxygen atoms in total. The third-order valence-electron chi connectivity index (χ3n) is 3.42. The molecule has 9 heteroatoms. The Hall–Kier alpha value is -3.33. The first-order valence-electron chi connectivity index (χ1n) is 7.38. The number of hydrogen-bond acceptors (Lipinski definition) is 7. The highest BCUT2D eigenvalue weighted by Crippen LogP contribution is 2.21. The first kappa shape index (κ1) is 15.2. The van der Waals surface area contributed by atoms with Gasteiger partial charge in [0, 0.05) is 23.9 Å².